The van der Waals surface area contributed by atoms with Gasteiger partial charge in [-0.3, -0.25) is 14.4 Å². The Labute approximate surface area is 256 Å². The lowest BCUT2D eigenvalue weighted by molar-refractivity contribution is -0.122. The fraction of sp³-hybridized carbons (Fsp3) is 0.111. The number of anilines is 1. The van der Waals surface area contributed by atoms with E-state index >= 15 is 0 Å². The number of hydrazone groups is 1. The Kier molecular flexibility index (Phi) is 5.74. The smallest absolute Gasteiger partial charge is 0.271 e. The first-order valence-electron chi connectivity index (χ1n) is 14.2. The van der Waals surface area contributed by atoms with Crippen LogP contribution >= 0.6 is 15.9 Å². The van der Waals surface area contributed by atoms with E-state index in [1.54, 1.807) is 30.5 Å². The Hall–Kier alpha value is -4.88. The first-order chi connectivity index (χ1) is 21.0. The number of amides is 3. The normalized spacial score (nSPS) is 23.4. The molecule has 5 aromatic rings. The van der Waals surface area contributed by atoms with E-state index in [4.69, 9.17) is 0 Å². The van der Waals surface area contributed by atoms with Gasteiger partial charge in [0, 0.05) is 27.6 Å². The zero-order valence-corrected chi connectivity index (χ0v) is 24.4. The monoisotopic (exact) mass is 625 g/mol. The summed E-state index contributed by atoms with van der Waals surface area (Å²) in [7, 11) is 0. The van der Waals surface area contributed by atoms with E-state index in [1.165, 1.54) is 4.90 Å². The van der Waals surface area contributed by atoms with Crippen LogP contribution in [0.25, 0.3) is 10.8 Å². The van der Waals surface area contributed by atoms with Gasteiger partial charge in [0.2, 0.25) is 11.8 Å². The molecule has 0 radical (unpaired) electrons. The van der Waals surface area contributed by atoms with Gasteiger partial charge in [-0.15, -0.1) is 0 Å². The van der Waals surface area contributed by atoms with Crippen molar-refractivity contribution in [2.45, 2.75) is 11.3 Å². The summed E-state index contributed by atoms with van der Waals surface area (Å²) in [6, 6.07) is 36.5. The number of fused-ring (bicyclic) bond motifs is 1. The summed E-state index contributed by atoms with van der Waals surface area (Å²) in [5.41, 5.74) is 6.55. The van der Waals surface area contributed by atoms with Crippen molar-refractivity contribution in [3.8, 4) is 0 Å². The van der Waals surface area contributed by atoms with Crippen molar-refractivity contribution in [3.05, 3.63) is 148 Å². The van der Waals surface area contributed by atoms with Gasteiger partial charge in [-0.2, -0.15) is 5.10 Å². The van der Waals surface area contributed by atoms with Crippen LogP contribution in [0.3, 0.4) is 0 Å². The Morgan fingerprint density at radius 3 is 2.12 bits per heavy atom. The van der Waals surface area contributed by atoms with E-state index in [9.17, 15) is 14.4 Å². The van der Waals surface area contributed by atoms with Crippen molar-refractivity contribution in [3.63, 3.8) is 0 Å². The molecular formula is C36H24BrN3O3. The highest BCUT2D eigenvalue weighted by Crippen LogP contribution is 2.63. The summed E-state index contributed by atoms with van der Waals surface area (Å²) in [5.74, 6) is -2.47. The molecule has 43 heavy (non-hydrogen) atoms. The second kappa shape index (κ2) is 9.57. The molecule has 7 heteroatoms. The lowest BCUT2D eigenvalue weighted by atomic mass is 9.47. The second-order valence-corrected chi connectivity index (χ2v) is 12.2. The van der Waals surface area contributed by atoms with Crippen molar-refractivity contribution in [1.82, 2.24) is 5.43 Å². The molecule has 9 rings (SSSR count). The van der Waals surface area contributed by atoms with E-state index in [0.717, 1.165) is 37.5 Å². The number of hydrogen-bond donors (Lipinski definition) is 1. The maximum Gasteiger partial charge on any atom is 0.271 e. The molecule has 1 aliphatic heterocycles. The van der Waals surface area contributed by atoms with Gasteiger partial charge in [-0.05, 0) is 58.0 Å². The molecule has 1 fully saturated rings. The highest BCUT2D eigenvalue weighted by Gasteiger charge is 2.68. The van der Waals surface area contributed by atoms with E-state index < -0.39 is 17.3 Å². The van der Waals surface area contributed by atoms with Crippen molar-refractivity contribution in [2.24, 2.45) is 16.9 Å². The van der Waals surface area contributed by atoms with Gasteiger partial charge in [0.1, 0.15) is 0 Å². The van der Waals surface area contributed by atoms with Crippen molar-refractivity contribution < 1.29 is 14.4 Å². The summed E-state index contributed by atoms with van der Waals surface area (Å²) in [5, 5.41) is 6.31. The van der Waals surface area contributed by atoms with E-state index in [0.29, 0.717) is 11.3 Å². The SMILES string of the molecule is O=C(N/N=C/C12c3ccccc3C(c3ccccc31)[C@@H]1C(=O)N(c3cccc4ccccc34)C(=O)[C@@H]12)c1ccc(Br)cc1. The van der Waals surface area contributed by atoms with Crippen LogP contribution in [0.1, 0.15) is 38.5 Å². The van der Waals surface area contributed by atoms with Gasteiger partial charge in [0.25, 0.3) is 5.91 Å². The average molecular weight is 627 g/mol. The van der Waals surface area contributed by atoms with Crippen LogP contribution in [0, 0.1) is 11.8 Å². The molecule has 0 aromatic heterocycles. The number of imide groups is 1. The molecule has 4 aliphatic rings. The molecule has 1 heterocycles. The van der Waals surface area contributed by atoms with Crippen LogP contribution in [-0.2, 0) is 15.0 Å². The molecule has 208 valence electrons. The Balaban J connectivity index is 1.31. The Bertz CT molecular complexity index is 1970. The van der Waals surface area contributed by atoms with Crippen LogP contribution in [0.2, 0.25) is 0 Å². The summed E-state index contributed by atoms with van der Waals surface area (Å²) < 4.78 is 0.866. The molecule has 2 atom stereocenters. The van der Waals surface area contributed by atoms with Gasteiger partial charge in [0.15, 0.2) is 0 Å². The minimum Gasteiger partial charge on any atom is -0.274 e. The van der Waals surface area contributed by atoms with Crippen molar-refractivity contribution >= 4 is 56.3 Å². The average Bonchev–Trinajstić information content (AvgIpc) is 3.31. The molecule has 1 N–H and O–H groups in total. The third kappa shape index (κ3) is 3.58. The van der Waals surface area contributed by atoms with Crippen LogP contribution in [0.4, 0.5) is 5.69 Å². The van der Waals surface area contributed by atoms with Gasteiger partial charge >= 0.3 is 0 Å². The zero-order valence-electron chi connectivity index (χ0n) is 22.8. The molecule has 2 bridgehead atoms. The van der Waals surface area contributed by atoms with E-state index in [1.807, 2.05) is 91.0 Å². The third-order valence-corrected chi connectivity index (χ3v) is 9.76. The molecule has 6 nitrogen and oxygen atoms in total. The molecule has 1 saturated heterocycles. The highest BCUT2D eigenvalue weighted by atomic mass is 79.9. The van der Waals surface area contributed by atoms with Gasteiger partial charge in [-0.1, -0.05) is 101 Å². The fourth-order valence-corrected chi connectivity index (χ4v) is 7.81. The number of hydrogen-bond acceptors (Lipinski definition) is 4. The maximum absolute atomic E-state index is 14.7. The summed E-state index contributed by atoms with van der Waals surface area (Å²) in [6.45, 7) is 0. The second-order valence-electron chi connectivity index (χ2n) is 11.2. The fourth-order valence-electron chi connectivity index (χ4n) is 7.55. The summed E-state index contributed by atoms with van der Waals surface area (Å²) in [4.78, 5) is 43.7. The number of nitrogens with one attached hydrogen (secondary N) is 1. The molecule has 0 unspecified atom stereocenters. The van der Waals surface area contributed by atoms with Gasteiger partial charge < -0.3 is 0 Å². The first kappa shape index (κ1) is 25.8. The van der Waals surface area contributed by atoms with Crippen molar-refractivity contribution in [1.29, 1.82) is 0 Å². The number of benzene rings is 5. The highest BCUT2D eigenvalue weighted by molar-refractivity contribution is 9.10. The summed E-state index contributed by atoms with van der Waals surface area (Å²) >= 11 is 3.40. The van der Waals surface area contributed by atoms with E-state index in [-0.39, 0.29) is 23.6 Å². The van der Waals surface area contributed by atoms with Crippen LogP contribution in [0.15, 0.2) is 125 Å². The number of halogens is 1. The predicted octanol–water partition coefficient (Wildman–Crippen LogP) is 6.57. The molecule has 0 saturated carbocycles. The quantitative estimate of drug-likeness (QED) is 0.139. The molecule has 0 spiro atoms. The number of carbonyl (C=O) groups is 3. The maximum atomic E-state index is 14.7. The summed E-state index contributed by atoms with van der Waals surface area (Å²) in [6.07, 6.45) is 1.69. The Morgan fingerprint density at radius 1 is 0.767 bits per heavy atom. The minimum atomic E-state index is -1.06. The number of rotatable bonds is 4. The van der Waals surface area contributed by atoms with Crippen LogP contribution < -0.4 is 10.3 Å². The lowest BCUT2D eigenvalue weighted by Gasteiger charge is -2.52. The van der Waals surface area contributed by atoms with E-state index in [2.05, 4.69) is 26.5 Å². The molecule has 3 aliphatic carbocycles. The molecule has 5 aromatic carbocycles. The first-order valence-corrected chi connectivity index (χ1v) is 14.9. The topological polar surface area (TPSA) is 78.8 Å². The number of nitrogens with zero attached hydrogens (tertiary/aromatic N) is 2. The predicted molar refractivity (Wildman–Crippen MR) is 169 cm³/mol. The zero-order chi connectivity index (χ0) is 29.3. The van der Waals surface area contributed by atoms with Crippen molar-refractivity contribution in [2.75, 3.05) is 4.90 Å². The Morgan fingerprint density at radius 2 is 1.40 bits per heavy atom. The van der Waals surface area contributed by atoms with Crippen LogP contribution in [-0.4, -0.2) is 23.9 Å². The molecular weight excluding hydrogens is 602 g/mol. The van der Waals surface area contributed by atoms with Gasteiger partial charge in [0.05, 0.1) is 22.9 Å². The standard InChI is InChI=1S/C36H24BrN3O3/c37-23-18-16-22(17-19-23)33(41)39-38-20-36-27-13-5-3-11-25(27)30(26-12-4-6-14-28(26)36)31-32(36)35(43)40(34(31)42)29-15-7-9-21-8-1-2-10-24(21)29/h1-20,30-32H,(H,39,41)/b38-20+/t30?,31-,32+,36?/m0/s1. The lowest BCUT2D eigenvalue weighted by Crippen LogP contribution is -2.54. The van der Waals surface area contributed by atoms with Crippen LogP contribution in [0.5, 0.6) is 0 Å². The largest absolute Gasteiger partial charge is 0.274 e. The third-order valence-electron chi connectivity index (χ3n) is 9.23. The molecule has 3 amide bonds. The van der Waals surface area contributed by atoms with Gasteiger partial charge in [-0.25, -0.2) is 10.3 Å². The number of carbonyl (C=O) groups excluding carboxylic acids is 3. The minimum absolute atomic E-state index is 0.211.